The molecular formula is C14H16ClN5O2. The van der Waals surface area contributed by atoms with Crippen molar-refractivity contribution in [3.05, 3.63) is 50.9 Å². The first kappa shape index (κ1) is 16.0. The van der Waals surface area contributed by atoms with E-state index in [1.807, 2.05) is 13.0 Å². The lowest BCUT2D eigenvalue weighted by Crippen LogP contribution is -2.23. The van der Waals surface area contributed by atoms with Gasteiger partial charge in [-0.15, -0.1) is 0 Å². The molecule has 1 aromatic heterocycles. The summed E-state index contributed by atoms with van der Waals surface area (Å²) < 4.78 is 4.94. The number of halogens is 1. The van der Waals surface area contributed by atoms with Crippen molar-refractivity contribution >= 4 is 29.2 Å². The number of aromatic amines is 1. The maximum Gasteiger partial charge on any atom is 0.252 e. The van der Waals surface area contributed by atoms with Gasteiger partial charge in [-0.3, -0.25) is 9.78 Å². The Morgan fingerprint density at radius 1 is 1.55 bits per heavy atom. The summed E-state index contributed by atoms with van der Waals surface area (Å²) in [5.74, 6) is 0.187. The lowest BCUT2D eigenvalue weighted by molar-refractivity contribution is 0.181. The van der Waals surface area contributed by atoms with Crippen LogP contribution in [0.4, 0.5) is 11.6 Å². The number of ether oxygens (including phenoxy) is 1. The summed E-state index contributed by atoms with van der Waals surface area (Å²) in [7, 11) is 1.52. The van der Waals surface area contributed by atoms with Crippen LogP contribution in [0.25, 0.3) is 0 Å². The summed E-state index contributed by atoms with van der Waals surface area (Å²) in [5, 5.41) is 3.54. The Hall–Kier alpha value is -2.38. The summed E-state index contributed by atoms with van der Waals surface area (Å²) in [6.07, 6.45) is 0. The van der Waals surface area contributed by atoms with E-state index in [9.17, 15) is 4.79 Å². The van der Waals surface area contributed by atoms with Crippen LogP contribution in [0.2, 0.25) is 5.02 Å². The molecule has 22 heavy (non-hydrogen) atoms. The van der Waals surface area contributed by atoms with Crippen molar-refractivity contribution in [3.63, 3.8) is 0 Å². The average Bonchev–Trinajstić information content (AvgIpc) is 2.43. The summed E-state index contributed by atoms with van der Waals surface area (Å²) in [6, 6.07) is 6.74. The second-order valence-corrected chi connectivity index (χ2v) is 4.93. The molecule has 0 spiro atoms. The van der Waals surface area contributed by atoms with E-state index in [0.29, 0.717) is 10.7 Å². The molecule has 0 bridgehead atoms. The quantitative estimate of drug-likeness (QED) is 0.589. The Kier molecular flexibility index (Phi) is 5.13. The van der Waals surface area contributed by atoms with Crippen LogP contribution >= 0.6 is 11.6 Å². The predicted molar refractivity (Wildman–Crippen MR) is 86.7 cm³/mol. The molecule has 4 N–H and O–H groups in total. The lowest BCUT2D eigenvalue weighted by Gasteiger charge is -2.09. The Bertz CT molecular complexity index is 757. The van der Waals surface area contributed by atoms with Crippen LogP contribution in [0.1, 0.15) is 11.3 Å². The van der Waals surface area contributed by atoms with Gasteiger partial charge in [-0.05, 0) is 24.6 Å². The SMILES string of the molecule is COCc1cc(=O)[nH]c(/N=C(\N)Nc2cccc(Cl)c2C)n1. The molecule has 7 nitrogen and oxygen atoms in total. The van der Waals surface area contributed by atoms with Gasteiger partial charge in [0.15, 0.2) is 0 Å². The molecule has 0 aliphatic heterocycles. The predicted octanol–water partition coefficient (Wildman–Crippen LogP) is 1.94. The van der Waals surface area contributed by atoms with Gasteiger partial charge < -0.3 is 15.8 Å². The van der Waals surface area contributed by atoms with E-state index in [-0.39, 0.29) is 24.1 Å². The largest absolute Gasteiger partial charge is 0.378 e. The molecule has 0 aliphatic carbocycles. The number of anilines is 1. The third-order valence-corrected chi connectivity index (χ3v) is 3.24. The fourth-order valence-corrected chi connectivity index (χ4v) is 1.97. The highest BCUT2D eigenvalue weighted by Gasteiger charge is 2.05. The molecular weight excluding hydrogens is 306 g/mol. The molecule has 1 heterocycles. The van der Waals surface area contributed by atoms with Crippen molar-refractivity contribution in [3.8, 4) is 0 Å². The summed E-state index contributed by atoms with van der Waals surface area (Å²) in [4.78, 5) is 22.2. The Balaban J connectivity index is 2.25. The Morgan fingerprint density at radius 2 is 2.32 bits per heavy atom. The third-order valence-electron chi connectivity index (χ3n) is 2.83. The molecule has 0 aliphatic rings. The van der Waals surface area contributed by atoms with Crippen LogP contribution in [0.15, 0.2) is 34.1 Å². The average molecular weight is 322 g/mol. The zero-order valence-corrected chi connectivity index (χ0v) is 12.9. The minimum absolute atomic E-state index is 0.0862. The molecule has 0 radical (unpaired) electrons. The van der Waals surface area contributed by atoms with E-state index in [1.54, 1.807) is 12.1 Å². The fraction of sp³-hybridized carbons (Fsp3) is 0.214. The van der Waals surface area contributed by atoms with Gasteiger partial charge in [-0.1, -0.05) is 17.7 Å². The second-order valence-electron chi connectivity index (χ2n) is 4.53. The molecule has 0 fully saturated rings. The van der Waals surface area contributed by atoms with Gasteiger partial charge in [-0.25, -0.2) is 4.98 Å². The number of nitrogens with zero attached hydrogens (tertiary/aromatic N) is 2. The summed E-state index contributed by atoms with van der Waals surface area (Å²) in [5.41, 5.74) is 7.55. The number of nitrogens with one attached hydrogen (secondary N) is 2. The number of methoxy groups -OCH3 is 1. The van der Waals surface area contributed by atoms with E-state index in [1.165, 1.54) is 13.2 Å². The van der Waals surface area contributed by atoms with Gasteiger partial charge in [-0.2, -0.15) is 4.99 Å². The molecule has 0 amide bonds. The molecule has 2 aromatic rings. The molecule has 0 saturated carbocycles. The van der Waals surface area contributed by atoms with E-state index in [2.05, 4.69) is 20.3 Å². The molecule has 0 saturated heterocycles. The summed E-state index contributed by atoms with van der Waals surface area (Å²) in [6.45, 7) is 2.07. The highest BCUT2D eigenvalue weighted by Crippen LogP contribution is 2.22. The number of aromatic nitrogens is 2. The number of hydrogen-bond acceptors (Lipinski definition) is 4. The van der Waals surface area contributed by atoms with E-state index < -0.39 is 0 Å². The Labute approximate surface area is 132 Å². The first-order valence-corrected chi connectivity index (χ1v) is 6.83. The molecule has 0 atom stereocenters. The minimum Gasteiger partial charge on any atom is -0.378 e. The van der Waals surface area contributed by atoms with E-state index in [4.69, 9.17) is 22.1 Å². The van der Waals surface area contributed by atoms with Gasteiger partial charge in [0.25, 0.3) is 5.56 Å². The van der Waals surface area contributed by atoms with Crippen LogP contribution in [0.5, 0.6) is 0 Å². The molecule has 116 valence electrons. The van der Waals surface area contributed by atoms with E-state index in [0.717, 1.165) is 11.3 Å². The zero-order valence-electron chi connectivity index (χ0n) is 12.2. The number of benzene rings is 1. The number of nitrogens with two attached hydrogens (primary N) is 1. The first-order chi connectivity index (χ1) is 10.5. The van der Waals surface area contributed by atoms with E-state index >= 15 is 0 Å². The maximum atomic E-state index is 11.5. The van der Waals surface area contributed by atoms with Gasteiger partial charge in [0.2, 0.25) is 11.9 Å². The van der Waals surface area contributed by atoms with Crippen LogP contribution in [0, 0.1) is 6.92 Å². The molecule has 0 unspecified atom stereocenters. The van der Waals surface area contributed by atoms with Crippen molar-refractivity contribution in [1.29, 1.82) is 0 Å². The normalized spacial score (nSPS) is 11.5. The second kappa shape index (κ2) is 7.06. The fourth-order valence-electron chi connectivity index (χ4n) is 1.79. The van der Waals surface area contributed by atoms with Crippen molar-refractivity contribution in [2.45, 2.75) is 13.5 Å². The van der Waals surface area contributed by atoms with Gasteiger partial charge in [0, 0.05) is 23.9 Å². The highest BCUT2D eigenvalue weighted by atomic mass is 35.5. The molecule has 2 rings (SSSR count). The number of rotatable bonds is 4. The summed E-state index contributed by atoms with van der Waals surface area (Å²) >= 11 is 6.04. The smallest absolute Gasteiger partial charge is 0.252 e. The zero-order chi connectivity index (χ0) is 16.1. The lowest BCUT2D eigenvalue weighted by atomic mass is 10.2. The number of hydrogen-bond donors (Lipinski definition) is 3. The van der Waals surface area contributed by atoms with Gasteiger partial charge in [0.05, 0.1) is 12.3 Å². The van der Waals surface area contributed by atoms with Gasteiger partial charge >= 0.3 is 0 Å². The van der Waals surface area contributed by atoms with Crippen molar-refractivity contribution in [2.75, 3.05) is 12.4 Å². The van der Waals surface area contributed by atoms with Gasteiger partial charge in [0.1, 0.15) is 0 Å². The van der Waals surface area contributed by atoms with Crippen LogP contribution < -0.4 is 16.6 Å². The van der Waals surface area contributed by atoms with Crippen molar-refractivity contribution in [1.82, 2.24) is 9.97 Å². The Morgan fingerprint density at radius 3 is 3.05 bits per heavy atom. The van der Waals surface area contributed by atoms with Crippen molar-refractivity contribution < 1.29 is 4.74 Å². The molecule has 1 aromatic carbocycles. The first-order valence-electron chi connectivity index (χ1n) is 6.45. The third kappa shape index (κ3) is 4.06. The van der Waals surface area contributed by atoms with Crippen LogP contribution in [-0.2, 0) is 11.3 Å². The topological polar surface area (TPSA) is 105 Å². The van der Waals surface area contributed by atoms with Crippen LogP contribution in [0.3, 0.4) is 0 Å². The maximum absolute atomic E-state index is 11.5. The van der Waals surface area contributed by atoms with Crippen LogP contribution in [-0.4, -0.2) is 23.0 Å². The number of guanidine groups is 1. The minimum atomic E-state index is -0.326. The van der Waals surface area contributed by atoms with Crippen molar-refractivity contribution in [2.24, 2.45) is 10.7 Å². The monoisotopic (exact) mass is 321 g/mol. The standard InChI is InChI=1S/C14H16ClN5O2/c1-8-10(15)4-3-5-11(8)18-13(16)20-14-17-9(7-22-2)6-12(21)19-14/h3-6H,7H2,1-2H3,(H4,16,17,18,19,20,21). The number of H-pyrrole nitrogens is 1. The molecule has 8 heteroatoms. The number of aliphatic imine (C=N–C) groups is 1. The highest BCUT2D eigenvalue weighted by molar-refractivity contribution is 6.31.